The van der Waals surface area contributed by atoms with E-state index in [9.17, 15) is 23.9 Å². The Morgan fingerprint density at radius 2 is 2.16 bits per heavy atom. The molecule has 138 valence electrons. The Labute approximate surface area is 150 Å². The number of nitrogens with two attached hydrogens (primary N) is 1. The molecule has 2 heterocycles. The minimum absolute atomic E-state index is 0.447. The van der Waals surface area contributed by atoms with Crippen molar-refractivity contribution in [3.63, 3.8) is 0 Å². The van der Waals surface area contributed by atoms with Gasteiger partial charge in [-0.1, -0.05) is 18.2 Å². The van der Waals surface area contributed by atoms with Crippen LogP contribution in [0.4, 0.5) is 0 Å². The minimum Gasteiger partial charge on any atom is -0.340 e. The molecule has 2 fully saturated rings. The molecule has 1 aliphatic carbocycles. The quantitative estimate of drug-likeness (QED) is 0.309. The first-order valence-corrected chi connectivity index (χ1v) is 10.6. The highest BCUT2D eigenvalue weighted by Gasteiger charge is 2.66. The Balaban J connectivity index is 1.70. The standard InChI is InChI=1S/C15H22N3O5PS/c1-15(2)14(24(21,22)23)18-12(20)10(13(18)25-15)17-11(19)9(16)8-6-4-3-5-7-8/h3-4,7,9-10,13-14H,5-6,16H2,1-2H3,(H,17,19)(H2,21,22,23)/t9?,10?,13-,14?/m0/s1. The van der Waals surface area contributed by atoms with Crippen molar-refractivity contribution >= 4 is 31.2 Å². The van der Waals surface area contributed by atoms with Gasteiger partial charge in [0.1, 0.15) is 23.2 Å². The molecule has 2 amide bonds. The zero-order valence-corrected chi connectivity index (χ0v) is 15.7. The number of nitrogens with one attached hydrogen (secondary N) is 1. The summed E-state index contributed by atoms with van der Waals surface area (Å²) in [7, 11) is -4.49. The fourth-order valence-corrected chi connectivity index (χ4v) is 7.16. The highest BCUT2D eigenvalue weighted by molar-refractivity contribution is 8.02. The number of nitrogens with zero attached hydrogens (tertiary/aromatic N) is 1. The molecule has 2 saturated heterocycles. The van der Waals surface area contributed by atoms with E-state index in [1.807, 2.05) is 18.2 Å². The predicted molar refractivity (Wildman–Crippen MR) is 94.5 cm³/mol. The first-order chi connectivity index (χ1) is 11.5. The lowest BCUT2D eigenvalue weighted by Crippen LogP contribution is -2.70. The van der Waals surface area contributed by atoms with Crippen LogP contribution in [0, 0.1) is 0 Å². The summed E-state index contributed by atoms with van der Waals surface area (Å²) in [5, 5.41) is 2.16. The molecule has 25 heavy (non-hydrogen) atoms. The van der Waals surface area contributed by atoms with Crippen LogP contribution in [-0.4, -0.2) is 54.5 Å². The molecule has 3 unspecified atom stereocenters. The average molecular weight is 387 g/mol. The second-order valence-corrected chi connectivity index (χ2v) is 10.4. The molecule has 0 radical (unpaired) electrons. The van der Waals surface area contributed by atoms with Gasteiger partial charge in [-0.25, -0.2) is 0 Å². The highest BCUT2D eigenvalue weighted by Crippen LogP contribution is 2.62. The lowest BCUT2D eigenvalue weighted by atomic mass is 9.97. The van der Waals surface area contributed by atoms with E-state index < -0.39 is 47.4 Å². The first kappa shape index (κ1) is 18.7. The Kier molecular flexibility index (Phi) is 4.66. The Hall–Kier alpha value is -1.12. The third-order valence-electron chi connectivity index (χ3n) is 4.72. The van der Waals surface area contributed by atoms with Gasteiger partial charge in [-0.05, 0) is 32.3 Å². The number of carbonyl (C=O) groups is 2. The van der Waals surface area contributed by atoms with Crippen LogP contribution in [0.25, 0.3) is 0 Å². The van der Waals surface area contributed by atoms with Gasteiger partial charge in [-0.2, -0.15) is 0 Å². The Morgan fingerprint density at radius 3 is 2.72 bits per heavy atom. The highest BCUT2D eigenvalue weighted by atomic mass is 32.2. The summed E-state index contributed by atoms with van der Waals surface area (Å²) in [5.41, 5.74) is 6.78. The number of allylic oxidation sites excluding steroid dienone is 3. The number of thioether (sulfide) groups is 1. The van der Waals surface area contributed by atoms with Crippen molar-refractivity contribution in [2.24, 2.45) is 5.73 Å². The van der Waals surface area contributed by atoms with Crippen molar-refractivity contribution in [1.82, 2.24) is 10.2 Å². The molecular weight excluding hydrogens is 365 g/mol. The molecule has 8 nitrogen and oxygen atoms in total. The number of fused-ring (bicyclic) bond motifs is 1. The summed E-state index contributed by atoms with van der Waals surface area (Å²) in [5.74, 6) is -2.11. The van der Waals surface area contributed by atoms with Crippen molar-refractivity contribution in [2.75, 3.05) is 0 Å². The van der Waals surface area contributed by atoms with Crippen molar-refractivity contribution < 1.29 is 23.9 Å². The van der Waals surface area contributed by atoms with Crippen molar-refractivity contribution in [3.05, 3.63) is 23.8 Å². The van der Waals surface area contributed by atoms with Crippen LogP contribution in [0.5, 0.6) is 0 Å². The maximum absolute atomic E-state index is 12.4. The summed E-state index contributed by atoms with van der Waals surface area (Å²) in [6.07, 6.45) is 7.16. The summed E-state index contributed by atoms with van der Waals surface area (Å²) < 4.78 is 11.0. The van der Waals surface area contributed by atoms with Gasteiger partial charge >= 0.3 is 7.60 Å². The molecule has 3 aliphatic rings. The van der Waals surface area contributed by atoms with Crippen LogP contribution in [0.15, 0.2) is 23.8 Å². The topological polar surface area (TPSA) is 133 Å². The molecule has 0 saturated carbocycles. The van der Waals surface area contributed by atoms with Crippen LogP contribution >= 0.6 is 19.4 Å². The third-order valence-corrected chi connectivity index (χ3v) is 8.00. The van der Waals surface area contributed by atoms with Crippen LogP contribution in [-0.2, 0) is 14.2 Å². The second-order valence-electron chi connectivity index (χ2n) is 6.97. The number of rotatable bonds is 4. The fraction of sp³-hybridized carbons (Fsp3) is 0.600. The molecule has 0 bridgehead atoms. The lowest BCUT2D eigenvalue weighted by molar-refractivity contribution is -0.149. The summed E-state index contributed by atoms with van der Waals surface area (Å²) >= 11 is 1.29. The van der Waals surface area contributed by atoms with Crippen molar-refractivity contribution in [2.45, 2.75) is 54.7 Å². The van der Waals surface area contributed by atoms with Gasteiger partial charge in [0.25, 0.3) is 0 Å². The minimum atomic E-state index is -4.49. The maximum atomic E-state index is 12.4. The molecule has 0 aromatic carbocycles. The van der Waals surface area contributed by atoms with E-state index in [-0.39, 0.29) is 0 Å². The van der Waals surface area contributed by atoms with E-state index in [0.29, 0.717) is 6.42 Å². The Morgan fingerprint density at radius 1 is 1.48 bits per heavy atom. The molecule has 4 atom stereocenters. The molecule has 0 aromatic rings. The second kappa shape index (κ2) is 6.25. The summed E-state index contributed by atoms with van der Waals surface area (Å²) in [6.45, 7) is 3.38. The number of amides is 2. The molecule has 10 heteroatoms. The van der Waals surface area contributed by atoms with E-state index in [1.165, 1.54) is 16.7 Å². The molecule has 2 aliphatic heterocycles. The molecule has 0 spiro atoms. The van der Waals surface area contributed by atoms with Crippen LogP contribution < -0.4 is 11.1 Å². The van der Waals surface area contributed by atoms with Gasteiger partial charge in [0, 0.05) is 4.75 Å². The monoisotopic (exact) mass is 387 g/mol. The van der Waals surface area contributed by atoms with Crippen LogP contribution in [0.1, 0.15) is 26.7 Å². The van der Waals surface area contributed by atoms with E-state index >= 15 is 0 Å². The summed E-state index contributed by atoms with van der Waals surface area (Å²) in [6, 6.07) is -1.64. The van der Waals surface area contributed by atoms with E-state index in [0.717, 1.165) is 12.0 Å². The number of hydrogen-bond acceptors (Lipinski definition) is 5. The number of carbonyl (C=O) groups excluding carboxylic acids is 2. The maximum Gasteiger partial charge on any atom is 0.349 e. The zero-order valence-electron chi connectivity index (χ0n) is 14.0. The summed E-state index contributed by atoms with van der Waals surface area (Å²) in [4.78, 5) is 45.2. The van der Waals surface area contributed by atoms with Gasteiger partial charge in [0.05, 0.1) is 0 Å². The molecular formula is C15H22N3O5PS. The van der Waals surface area contributed by atoms with E-state index in [2.05, 4.69) is 5.32 Å². The van der Waals surface area contributed by atoms with Gasteiger partial charge in [0.2, 0.25) is 11.8 Å². The van der Waals surface area contributed by atoms with Gasteiger partial charge < -0.3 is 25.7 Å². The van der Waals surface area contributed by atoms with Gasteiger partial charge in [-0.3, -0.25) is 14.2 Å². The Bertz CT molecular complexity index is 716. The van der Waals surface area contributed by atoms with Gasteiger partial charge in [-0.15, -0.1) is 11.8 Å². The zero-order chi connectivity index (χ0) is 18.6. The lowest BCUT2D eigenvalue weighted by Gasteiger charge is -2.44. The smallest absolute Gasteiger partial charge is 0.340 e. The van der Waals surface area contributed by atoms with Crippen LogP contribution in [0.2, 0.25) is 0 Å². The number of β-lactam (4-membered cyclic amide) rings is 1. The molecule has 0 aromatic heterocycles. The largest absolute Gasteiger partial charge is 0.349 e. The van der Waals surface area contributed by atoms with E-state index in [4.69, 9.17) is 5.73 Å². The van der Waals surface area contributed by atoms with Gasteiger partial charge in [0.15, 0.2) is 0 Å². The molecule has 3 rings (SSSR count). The first-order valence-electron chi connectivity index (χ1n) is 7.99. The average Bonchev–Trinajstić information content (AvgIpc) is 2.80. The predicted octanol–water partition coefficient (Wildman–Crippen LogP) is 0.272. The molecule has 5 N–H and O–H groups in total. The van der Waals surface area contributed by atoms with E-state index in [1.54, 1.807) is 13.8 Å². The fourth-order valence-electron chi connectivity index (χ4n) is 3.56. The third kappa shape index (κ3) is 3.19. The van der Waals surface area contributed by atoms with Crippen molar-refractivity contribution in [3.8, 4) is 0 Å². The van der Waals surface area contributed by atoms with Crippen molar-refractivity contribution in [1.29, 1.82) is 0 Å². The SMILES string of the molecule is CC1(C)S[C@H]2C(NC(=O)C(N)C3=CCC=CC3)C(=O)N2C1P(=O)(O)O. The normalized spacial score (nSPS) is 31.9. The van der Waals surface area contributed by atoms with Crippen LogP contribution in [0.3, 0.4) is 0 Å². The number of hydrogen-bond donors (Lipinski definition) is 4.